The number of aromatic nitrogens is 2. The predicted molar refractivity (Wildman–Crippen MR) is 119 cm³/mol. The highest BCUT2D eigenvalue weighted by Gasteiger charge is 2.20. The van der Waals surface area contributed by atoms with Crippen LogP contribution in [0.3, 0.4) is 0 Å². The average Bonchev–Trinajstić information content (AvgIpc) is 3.25. The Balaban J connectivity index is 1.64. The molecule has 0 aliphatic heterocycles. The molecule has 4 N–H and O–H groups in total. The largest absolute Gasteiger partial charge is 0.491 e. The Kier molecular flexibility index (Phi) is 6.80. The number of alkyl halides is 2. The molecule has 4 rings (SSSR count). The topological polar surface area (TPSA) is 107 Å². The zero-order valence-electron chi connectivity index (χ0n) is 17.6. The molecule has 0 radical (unpaired) electrons. The van der Waals surface area contributed by atoms with E-state index in [9.17, 15) is 23.1 Å². The van der Waals surface area contributed by atoms with Crippen LogP contribution in [0, 0.1) is 5.82 Å². The summed E-state index contributed by atoms with van der Waals surface area (Å²) in [6.07, 6.45) is -3.79. The monoisotopic (exact) mass is 471 g/mol. The number of H-pyrrole nitrogens is 1. The van der Waals surface area contributed by atoms with E-state index in [0.29, 0.717) is 11.4 Å². The van der Waals surface area contributed by atoms with Gasteiger partial charge >= 0.3 is 0 Å². The summed E-state index contributed by atoms with van der Waals surface area (Å²) in [4.78, 5) is 20.1. The lowest BCUT2D eigenvalue weighted by atomic mass is 10.1. The molecule has 1 aromatic heterocycles. The van der Waals surface area contributed by atoms with Crippen LogP contribution in [0.2, 0.25) is 0 Å². The van der Waals surface area contributed by atoms with Gasteiger partial charge in [-0.25, -0.2) is 18.2 Å². The van der Waals surface area contributed by atoms with Gasteiger partial charge in [0.2, 0.25) is 0 Å². The van der Waals surface area contributed by atoms with Gasteiger partial charge in [-0.3, -0.25) is 4.79 Å². The fourth-order valence-electron chi connectivity index (χ4n) is 3.39. The number of anilines is 1. The fraction of sp³-hybridized carbons (Fsp3) is 0.167. The van der Waals surface area contributed by atoms with Crippen LogP contribution in [0.5, 0.6) is 5.75 Å². The van der Waals surface area contributed by atoms with Gasteiger partial charge in [-0.15, -0.1) is 0 Å². The fourth-order valence-corrected chi connectivity index (χ4v) is 3.39. The number of rotatable bonds is 8. The number of amides is 1. The summed E-state index contributed by atoms with van der Waals surface area (Å²) in [7, 11) is 0. The SMILES string of the molecule is O=C(Nc1cccc(OCC(O)CO)c1)c1cc(F)cc2[nH]c(-c3ccccc3C(F)F)nc12. The van der Waals surface area contributed by atoms with Crippen molar-refractivity contribution in [1.29, 1.82) is 0 Å². The maximum absolute atomic E-state index is 14.3. The lowest BCUT2D eigenvalue weighted by molar-refractivity contribution is 0.0536. The number of aliphatic hydroxyl groups excluding tert-OH is 2. The van der Waals surface area contributed by atoms with E-state index < -0.39 is 30.9 Å². The van der Waals surface area contributed by atoms with Gasteiger partial charge in [0.1, 0.15) is 35.6 Å². The molecule has 4 aromatic rings. The molecule has 7 nitrogen and oxygen atoms in total. The number of aromatic amines is 1. The van der Waals surface area contributed by atoms with Crippen molar-refractivity contribution >= 4 is 22.6 Å². The molecular weight excluding hydrogens is 451 g/mol. The van der Waals surface area contributed by atoms with Crippen LogP contribution in [0.15, 0.2) is 60.7 Å². The molecule has 10 heteroatoms. The van der Waals surface area contributed by atoms with E-state index in [1.165, 1.54) is 24.3 Å². The highest BCUT2D eigenvalue weighted by molar-refractivity contribution is 6.12. The minimum absolute atomic E-state index is 0.0865. The van der Waals surface area contributed by atoms with Gasteiger partial charge in [0.05, 0.1) is 17.7 Å². The standard InChI is InChI=1S/C24H20F3N3O4/c25-13-8-19(24(33)28-14-4-3-5-16(10-14)34-12-15(32)11-31)21-20(9-13)29-23(30-21)18-7-2-1-6-17(18)22(26)27/h1-10,15,22,31-32H,11-12H2,(H,28,33)(H,29,30). The zero-order chi connectivity index (χ0) is 24.2. The lowest BCUT2D eigenvalue weighted by Crippen LogP contribution is -2.21. The van der Waals surface area contributed by atoms with Gasteiger partial charge in [0.25, 0.3) is 12.3 Å². The predicted octanol–water partition coefficient (Wildman–Crippen LogP) is 4.29. The van der Waals surface area contributed by atoms with E-state index in [0.717, 1.165) is 12.1 Å². The normalized spacial score (nSPS) is 12.2. The van der Waals surface area contributed by atoms with Crippen LogP contribution >= 0.6 is 0 Å². The van der Waals surface area contributed by atoms with E-state index >= 15 is 0 Å². The highest BCUT2D eigenvalue weighted by atomic mass is 19.3. The Hall–Kier alpha value is -3.89. The molecular formula is C24H20F3N3O4. The van der Waals surface area contributed by atoms with E-state index in [4.69, 9.17) is 9.84 Å². The summed E-state index contributed by atoms with van der Waals surface area (Å²) in [6, 6.07) is 14.2. The molecule has 0 bridgehead atoms. The number of hydrogen-bond donors (Lipinski definition) is 4. The van der Waals surface area contributed by atoms with Gasteiger partial charge in [-0.1, -0.05) is 30.3 Å². The summed E-state index contributed by atoms with van der Waals surface area (Å²) in [5.74, 6) is -0.953. The first kappa shape index (κ1) is 23.3. The molecule has 1 heterocycles. The molecule has 0 fully saturated rings. The second-order valence-electron chi connectivity index (χ2n) is 7.45. The third kappa shape index (κ3) is 5.03. The Morgan fingerprint density at radius 2 is 1.91 bits per heavy atom. The van der Waals surface area contributed by atoms with Crippen LogP contribution < -0.4 is 10.1 Å². The maximum atomic E-state index is 14.3. The van der Waals surface area contributed by atoms with Crippen molar-refractivity contribution in [1.82, 2.24) is 9.97 Å². The van der Waals surface area contributed by atoms with Gasteiger partial charge in [-0.2, -0.15) is 0 Å². The maximum Gasteiger partial charge on any atom is 0.264 e. The first-order chi connectivity index (χ1) is 16.4. The molecule has 0 aliphatic rings. The molecule has 34 heavy (non-hydrogen) atoms. The summed E-state index contributed by atoms with van der Waals surface area (Å²) < 4.78 is 46.5. The lowest BCUT2D eigenvalue weighted by Gasteiger charge is -2.11. The molecule has 0 saturated heterocycles. The quantitative estimate of drug-likeness (QED) is 0.307. The van der Waals surface area contributed by atoms with Crippen molar-refractivity contribution in [3.63, 3.8) is 0 Å². The molecule has 176 valence electrons. The number of aliphatic hydroxyl groups is 2. The van der Waals surface area contributed by atoms with Crippen LogP contribution in [-0.2, 0) is 0 Å². The Morgan fingerprint density at radius 1 is 1.12 bits per heavy atom. The number of halogens is 3. The van der Waals surface area contributed by atoms with Crippen LogP contribution in [0.25, 0.3) is 22.4 Å². The third-order valence-electron chi connectivity index (χ3n) is 4.99. The second kappa shape index (κ2) is 9.94. The van der Waals surface area contributed by atoms with Crippen molar-refractivity contribution < 1.29 is 32.9 Å². The summed E-state index contributed by atoms with van der Waals surface area (Å²) in [5, 5.41) is 20.9. The zero-order valence-corrected chi connectivity index (χ0v) is 17.6. The molecule has 0 saturated carbocycles. The van der Waals surface area contributed by atoms with Crippen molar-refractivity contribution in [3.05, 3.63) is 77.6 Å². The van der Waals surface area contributed by atoms with Gasteiger partial charge < -0.3 is 25.3 Å². The summed E-state index contributed by atoms with van der Waals surface area (Å²) >= 11 is 0. The molecule has 3 aromatic carbocycles. The number of carbonyl (C=O) groups excluding carboxylic acids is 1. The Morgan fingerprint density at radius 3 is 2.68 bits per heavy atom. The molecule has 0 spiro atoms. The van der Waals surface area contributed by atoms with Gasteiger partial charge in [0.15, 0.2) is 0 Å². The van der Waals surface area contributed by atoms with E-state index in [1.807, 2.05) is 0 Å². The van der Waals surface area contributed by atoms with E-state index in [1.54, 1.807) is 24.3 Å². The van der Waals surface area contributed by atoms with Crippen molar-refractivity contribution in [3.8, 4) is 17.1 Å². The van der Waals surface area contributed by atoms with Crippen molar-refractivity contribution in [2.75, 3.05) is 18.5 Å². The van der Waals surface area contributed by atoms with Crippen LogP contribution in [-0.4, -0.2) is 45.4 Å². The third-order valence-corrected chi connectivity index (χ3v) is 4.99. The molecule has 1 unspecified atom stereocenters. The minimum atomic E-state index is -2.74. The van der Waals surface area contributed by atoms with Crippen molar-refractivity contribution in [2.45, 2.75) is 12.5 Å². The van der Waals surface area contributed by atoms with E-state index in [2.05, 4.69) is 15.3 Å². The van der Waals surface area contributed by atoms with Crippen LogP contribution in [0.4, 0.5) is 18.9 Å². The average molecular weight is 471 g/mol. The van der Waals surface area contributed by atoms with Crippen molar-refractivity contribution in [2.24, 2.45) is 0 Å². The number of ether oxygens (including phenoxy) is 1. The number of nitrogens with zero attached hydrogens (tertiary/aromatic N) is 1. The first-order valence-corrected chi connectivity index (χ1v) is 10.3. The first-order valence-electron chi connectivity index (χ1n) is 10.3. The summed E-state index contributed by atoms with van der Waals surface area (Å²) in [5.41, 5.74) is 0.452. The molecule has 0 aliphatic carbocycles. The number of nitrogens with one attached hydrogen (secondary N) is 2. The number of imidazole rings is 1. The number of carbonyl (C=O) groups is 1. The highest BCUT2D eigenvalue weighted by Crippen LogP contribution is 2.31. The van der Waals surface area contributed by atoms with Gasteiger partial charge in [0, 0.05) is 22.9 Å². The minimum Gasteiger partial charge on any atom is -0.491 e. The number of fused-ring (bicyclic) bond motifs is 1. The number of benzene rings is 3. The van der Waals surface area contributed by atoms with Crippen LogP contribution in [0.1, 0.15) is 22.3 Å². The molecule has 1 amide bonds. The Bertz CT molecular complexity index is 1330. The smallest absolute Gasteiger partial charge is 0.264 e. The number of hydrogen-bond acceptors (Lipinski definition) is 5. The second-order valence-corrected chi connectivity index (χ2v) is 7.45. The Labute approximate surface area is 191 Å². The van der Waals surface area contributed by atoms with E-state index in [-0.39, 0.29) is 40.2 Å². The summed E-state index contributed by atoms with van der Waals surface area (Å²) in [6.45, 7) is -0.603. The van der Waals surface area contributed by atoms with Gasteiger partial charge in [-0.05, 0) is 24.3 Å². The molecule has 1 atom stereocenters.